The largest absolute Gasteiger partial charge is 0.490 e. The van der Waals surface area contributed by atoms with Gasteiger partial charge in [0.2, 0.25) is 5.91 Å². The molecule has 1 aromatic carbocycles. The number of nitrogens with zero attached hydrogens (tertiary/aromatic N) is 1. The molecule has 2 rings (SSSR count). The van der Waals surface area contributed by atoms with E-state index in [-0.39, 0.29) is 29.8 Å². The molecule has 1 aromatic rings. The molecule has 1 aliphatic carbocycles. The molecule has 2 N–H and O–H groups in total. The molecule has 0 heterocycles. The summed E-state index contributed by atoms with van der Waals surface area (Å²) in [5, 5.41) is 16.1. The van der Waals surface area contributed by atoms with E-state index in [1.165, 1.54) is 19.2 Å². The van der Waals surface area contributed by atoms with E-state index in [9.17, 15) is 24.5 Å². The van der Waals surface area contributed by atoms with Gasteiger partial charge in [-0.2, -0.15) is 0 Å². The Bertz CT molecular complexity index is 788. The summed E-state index contributed by atoms with van der Waals surface area (Å²) in [5.74, 6) is -1.57. The van der Waals surface area contributed by atoms with Crippen LogP contribution in [0.3, 0.4) is 0 Å². The number of carbonyl (C=O) groups is 3. The molecule has 0 saturated heterocycles. The molecule has 10 nitrogen and oxygen atoms in total. The molecular weight excluding hydrogens is 382 g/mol. The number of nitro groups is 1. The predicted octanol–water partition coefficient (Wildman–Crippen LogP) is 2.09. The summed E-state index contributed by atoms with van der Waals surface area (Å²) in [4.78, 5) is 46.2. The van der Waals surface area contributed by atoms with Crippen LogP contribution in [0, 0.1) is 23.0 Å². The van der Waals surface area contributed by atoms with Crippen molar-refractivity contribution in [3.63, 3.8) is 0 Å². The number of hydrogen-bond donors (Lipinski definition) is 2. The first-order chi connectivity index (χ1) is 13.8. The molecule has 1 saturated carbocycles. The van der Waals surface area contributed by atoms with E-state index in [4.69, 9.17) is 9.47 Å². The SMILES string of the molecule is COc1cc(NC(=O)COC(=O)CNC(=O)C2CCCCC2)c(C)cc1[N+](=O)[O-]. The minimum absolute atomic E-state index is 0.00156. The first-order valence-electron chi connectivity index (χ1n) is 9.38. The number of carbonyl (C=O) groups excluding carboxylic acids is 3. The molecule has 0 spiro atoms. The summed E-state index contributed by atoms with van der Waals surface area (Å²) >= 11 is 0. The van der Waals surface area contributed by atoms with Gasteiger partial charge in [-0.1, -0.05) is 19.3 Å². The van der Waals surface area contributed by atoms with Crippen LogP contribution in [0.2, 0.25) is 0 Å². The highest BCUT2D eigenvalue weighted by Gasteiger charge is 2.22. The monoisotopic (exact) mass is 407 g/mol. The zero-order chi connectivity index (χ0) is 21.4. The van der Waals surface area contributed by atoms with Crippen LogP contribution in [0.15, 0.2) is 12.1 Å². The number of aryl methyl sites for hydroxylation is 1. The van der Waals surface area contributed by atoms with Gasteiger partial charge in [-0.25, -0.2) is 0 Å². The van der Waals surface area contributed by atoms with Crippen LogP contribution in [-0.4, -0.2) is 43.0 Å². The molecule has 158 valence electrons. The Balaban J connectivity index is 1.81. The second-order valence-electron chi connectivity index (χ2n) is 6.86. The summed E-state index contributed by atoms with van der Waals surface area (Å²) in [6.45, 7) is 0.749. The minimum atomic E-state index is -0.720. The zero-order valence-corrected chi connectivity index (χ0v) is 16.5. The number of benzene rings is 1. The lowest BCUT2D eigenvalue weighted by atomic mass is 9.89. The number of methoxy groups -OCH3 is 1. The standard InChI is InChI=1S/C19H25N3O7/c1-12-8-15(22(26)27)16(28-2)9-14(12)21-17(23)11-29-18(24)10-20-19(25)13-6-4-3-5-7-13/h8-9,13H,3-7,10-11H2,1-2H3,(H,20,25)(H,21,23). The highest BCUT2D eigenvalue weighted by atomic mass is 16.6. The molecule has 1 fully saturated rings. The summed E-state index contributed by atoms with van der Waals surface area (Å²) < 4.78 is 9.83. The average Bonchev–Trinajstić information content (AvgIpc) is 2.72. The van der Waals surface area contributed by atoms with E-state index in [0.717, 1.165) is 32.1 Å². The third-order valence-electron chi connectivity index (χ3n) is 4.74. The van der Waals surface area contributed by atoms with Gasteiger partial charge in [0.15, 0.2) is 12.4 Å². The van der Waals surface area contributed by atoms with Gasteiger partial charge >= 0.3 is 11.7 Å². The van der Waals surface area contributed by atoms with Gasteiger partial charge in [-0.05, 0) is 25.3 Å². The number of nitro benzene ring substituents is 1. The molecule has 0 aromatic heterocycles. The van der Waals surface area contributed by atoms with E-state index in [0.29, 0.717) is 11.3 Å². The maximum atomic E-state index is 12.0. The van der Waals surface area contributed by atoms with E-state index in [1.54, 1.807) is 6.92 Å². The number of hydrogen-bond acceptors (Lipinski definition) is 7. The quantitative estimate of drug-likeness (QED) is 0.382. The van der Waals surface area contributed by atoms with Crippen molar-refractivity contribution in [1.29, 1.82) is 0 Å². The van der Waals surface area contributed by atoms with E-state index < -0.39 is 23.4 Å². The summed E-state index contributed by atoms with van der Waals surface area (Å²) in [5.41, 5.74) is 0.541. The molecule has 29 heavy (non-hydrogen) atoms. The smallest absolute Gasteiger partial charge is 0.325 e. The normalized spacial score (nSPS) is 14.0. The molecule has 0 radical (unpaired) electrons. The van der Waals surface area contributed by atoms with Crippen LogP contribution in [0.4, 0.5) is 11.4 Å². The molecule has 10 heteroatoms. The van der Waals surface area contributed by atoms with Gasteiger partial charge < -0.3 is 20.1 Å². The molecule has 0 unspecified atom stereocenters. The fraction of sp³-hybridized carbons (Fsp3) is 0.526. The van der Waals surface area contributed by atoms with E-state index >= 15 is 0 Å². The minimum Gasteiger partial charge on any atom is -0.490 e. The highest BCUT2D eigenvalue weighted by Crippen LogP contribution is 2.32. The third kappa shape index (κ3) is 6.44. The Morgan fingerprint density at radius 2 is 1.90 bits per heavy atom. The maximum absolute atomic E-state index is 12.0. The first-order valence-corrected chi connectivity index (χ1v) is 9.38. The summed E-state index contributed by atoms with van der Waals surface area (Å²) in [6, 6.07) is 2.61. The van der Waals surface area contributed by atoms with Crippen LogP contribution in [0.25, 0.3) is 0 Å². The van der Waals surface area contributed by atoms with Crippen LogP contribution in [-0.2, 0) is 19.1 Å². The lowest BCUT2D eigenvalue weighted by Crippen LogP contribution is -2.36. The van der Waals surface area contributed by atoms with Crippen molar-refractivity contribution >= 4 is 29.2 Å². The van der Waals surface area contributed by atoms with Crippen molar-refractivity contribution in [2.24, 2.45) is 5.92 Å². The number of nitrogens with one attached hydrogen (secondary N) is 2. The number of amides is 2. The van der Waals surface area contributed by atoms with Crippen molar-refractivity contribution in [2.45, 2.75) is 39.0 Å². The van der Waals surface area contributed by atoms with Crippen molar-refractivity contribution in [3.8, 4) is 5.75 Å². The fourth-order valence-corrected chi connectivity index (χ4v) is 3.17. The van der Waals surface area contributed by atoms with Crippen molar-refractivity contribution in [2.75, 3.05) is 25.6 Å². The molecule has 2 amide bonds. The topological polar surface area (TPSA) is 137 Å². The number of esters is 1. The molecule has 0 aliphatic heterocycles. The molecule has 1 aliphatic rings. The Kier molecular flexibility index (Phi) is 7.93. The van der Waals surface area contributed by atoms with Crippen molar-refractivity contribution in [1.82, 2.24) is 5.32 Å². The average molecular weight is 407 g/mol. The van der Waals surface area contributed by atoms with Gasteiger partial charge in [0.25, 0.3) is 5.91 Å². The van der Waals surface area contributed by atoms with Crippen molar-refractivity contribution < 1.29 is 28.8 Å². The summed E-state index contributed by atoms with van der Waals surface area (Å²) in [6.07, 6.45) is 4.79. The Morgan fingerprint density at radius 1 is 1.21 bits per heavy atom. The second-order valence-corrected chi connectivity index (χ2v) is 6.86. The van der Waals surface area contributed by atoms with Crippen molar-refractivity contribution in [3.05, 3.63) is 27.8 Å². The predicted molar refractivity (Wildman–Crippen MR) is 104 cm³/mol. The zero-order valence-electron chi connectivity index (χ0n) is 16.5. The molecular formula is C19H25N3O7. The fourth-order valence-electron chi connectivity index (χ4n) is 3.17. The lowest BCUT2D eigenvalue weighted by molar-refractivity contribution is -0.385. The van der Waals surface area contributed by atoms with Gasteiger partial charge in [0.05, 0.1) is 12.0 Å². The van der Waals surface area contributed by atoms with E-state index in [2.05, 4.69) is 10.6 Å². The number of rotatable bonds is 8. The van der Waals surface area contributed by atoms with Crippen LogP contribution < -0.4 is 15.4 Å². The number of ether oxygens (including phenoxy) is 2. The second kappa shape index (κ2) is 10.4. The van der Waals surface area contributed by atoms with Gasteiger partial charge in [0, 0.05) is 23.7 Å². The molecule has 0 bridgehead atoms. The summed E-state index contributed by atoms with van der Waals surface area (Å²) in [7, 11) is 1.28. The number of anilines is 1. The van der Waals surface area contributed by atoms with E-state index in [1.807, 2.05) is 0 Å². The maximum Gasteiger partial charge on any atom is 0.325 e. The Labute approximate surface area is 168 Å². The molecule has 0 atom stereocenters. The first kappa shape index (κ1) is 22.1. The van der Waals surface area contributed by atoms with Crippen LogP contribution in [0.5, 0.6) is 5.75 Å². The highest BCUT2D eigenvalue weighted by molar-refractivity contribution is 5.94. The van der Waals surface area contributed by atoms with Crippen LogP contribution in [0.1, 0.15) is 37.7 Å². The Morgan fingerprint density at radius 3 is 2.52 bits per heavy atom. The lowest BCUT2D eigenvalue weighted by Gasteiger charge is -2.20. The van der Waals surface area contributed by atoms with Crippen LogP contribution >= 0.6 is 0 Å². The van der Waals surface area contributed by atoms with Gasteiger partial charge in [-0.3, -0.25) is 24.5 Å². The van der Waals surface area contributed by atoms with Gasteiger partial charge in [0.1, 0.15) is 6.54 Å². The Hall–Kier alpha value is -3.17. The van der Waals surface area contributed by atoms with Gasteiger partial charge in [-0.15, -0.1) is 0 Å². The third-order valence-corrected chi connectivity index (χ3v) is 4.74.